The molecule has 152 valence electrons. The molecule has 5 N–H and O–H groups in total. The minimum atomic E-state index is -1.64. The van der Waals surface area contributed by atoms with Crippen molar-refractivity contribution < 1.29 is 37.5 Å². The number of aromatic nitrogens is 4. The zero-order valence-corrected chi connectivity index (χ0v) is 16.2. The largest absolute Gasteiger partial charge is 0.394 e. The van der Waals surface area contributed by atoms with Crippen LogP contribution in [-0.2, 0) is 23.6 Å². The molecule has 28 heavy (non-hydrogen) atoms. The van der Waals surface area contributed by atoms with Crippen molar-refractivity contribution in [1.82, 2.24) is 19.5 Å². The number of aliphatic hydroxyl groups excluding tert-OH is 4. The Kier molecular flexibility index (Phi) is 6.71. The fraction of sp³-hybridized carbons (Fsp3) is 0.412. The van der Waals surface area contributed by atoms with E-state index in [1.165, 1.54) is 4.57 Å². The van der Waals surface area contributed by atoms with Gasteiger partial charge < -0.3 is 25.0 Å². The molecule has 3 rings (SSSR count). The van der Waals surface area contributed by atoms with E-state index >= 15 is 0 Å². The Morgan fingerprint density at radius 1 is 1.07 bits per heavy atom. The predicted octanol–water partition coefficient (Wildman–Crippen LogP) is -1.73. The van der Waals surface area contributed by atoms with Gasteiger partial charge in [-0.3, -0.25) is 9.78 Å². The summed E-state index contributed by atoms with van der Waals surface area (Å²) in [4.78, 5) is 34.0. The van der Waals surface area contributed by atoms with Crippen LogP contribution in [0.3, 0.4) is 0 Å². The van der Waals surface area contributed by atoms with Crippen molar-refractivity contribution in [2.45, 2.75) is 38.7 Å². The molecule has 0 aromatic heterocycles. The van der Waals surface area contributed by atoms with Crippen LogP contribution in [0, 0.1) is 13.8 Å². The van der Waals surface area contributed by atoms with Crippen LogP contribution >= 0.6 is 0 Å². The summed E-state index contributed by atoms with van der Waals surface area (Å²) in [6.07, 6.45) is -4.68. The van der Waals surface area contributed by atoms with Crippen LogP contribution in [0.15, 0.2) is 21.7 Å². The van der Waals surface area contributed by atoms with Gasteiger partial charge in [-0.25, -0.2) is 9.78 Å². The standard InChI is InChI=1S/C17H20N4O6.Fe/c1-7-3-9-10(4-8(7)2)21(5-11(23)14(25)12(24)6-22)15-13(18-9)16(26)20-17(27)19-15;/h3-4,11-12,14,22-25H,5-6H2,1-2H3,(H,20,26,27);/t11-,12+,14-;/m1./s1. The number of hydrogen-bond donors (Lipinski definition) is 5. The van der Waals surface area contributed by atoms with Gasteiger partial charge in [0.15, 0.2) is 11.5 Å². The van der Waals surface area contributed by atoms with E-state index in [1.54, 1.807) is 12.1 Å². The molecule has 0 bridgehead atoms. The number of aliphatic hydroxyl groups is 4. The normalized spacial score (nSPS) is 14.6. The third kappa shape index (κ3) is 4.00. The molecule has 0 fully saturated rings. The molecule has 0 unspecified atom stereocenters. The number of H-pyrrole nitrogens is 1. The number of aromatic amines is 1. The van der Waals surface area contributed by atoms with Gasteiger partial charge in [-0.2, -0.15) is 4.98 Å². The second-order valence-electron chi connectivity index (χ2n) is 6.50. The molecule has 0 amide bonds. The Bertz CT molecular complexity index is 1080. The smallest absolute Gasteiger partial charge is 0.349 e. The van der Waals surface area contributed by atoms with E-state index in [4.69, 9.17) is 5.11 Å². The van der Waals surface area contributed by atoms with Crippen molar-refractivity contribution in [2.75, 3.05) is 6.61 Å². The third-order valence-electron chi connectivity index (χ3n) is 4.57. The Hall–Kier alpha value is -2.14. The van der Waals surface area contributed by atoms with Gasteiger partial charge in [0, 0.05) is 17.1 Å². The monoisotopic (exact) mass is 432 g/mol. The van der Waals surface area contributed by atoms with Crippen LogP contribution < -0.4 is 11.2 Å². The summed E-state index contributed by atoms with van der Waals surface area (Å²) >= 11 is 0. The third-order valence-corrected chi connectivity index (χ3v) is 4.57. The predicted molar refractivity (Wildman–Crippen MR) is 95.6 cm³/mol. The fourth-order valence-corrected chi connectivity index (χ4v) is 2.89. The van der Waals surface area contributed by atoms with E-state index in [0.717, 1.165) is 11.1 Å². The average Bonchev–Trinajstić information content (AvgIpc) is 2.62. The topological polar surface area (TPSA) is 162 Å². The first-order valence-corrected chi connectivity index (χ1v) is 8.29. The first-order chi connectivity index (χ1) is 12.7. The molecule has 2 aliphatic heterocycles. The number of nitrogens with zero attached hydrogens (tertiary/aromatic N) is 3. The number of hydrogen-bond acceptors (Lipinski definition) is 8. The maximum Gasteiger partial charge on any atom is 0.349 e. The molecule has 0 spiro atoms. The van der Waals surface area contributed by atoms with Crippen molar-refractivity contribution >= 4 is 11.0 Å². The fourth-order valence-electron chi connectivity index (χ4n) is 2.89. The van der Waals surface area contributed by atoms with Crippen LogP contribution in [-0.4, -0.2) is 64.9 Å². The second-order valence-corrected chi connectivity index (χ2v) is 6.50. The Morgan fingerprint density at radius 2 is 1.71 bits per heavy atom. The van der Waals surface area contributed by atoms with E-state index in [0.29, 0.717) is 11.0 Å². The SMILES string of the molecule is Cc1cc2nc3c(=O)[nH]c(=O)nc-3n(C[C@@H](O)[C@@H](O)[C@@H](O)CO)c2cc1C.[Fe]. The van der Waals surface area contributed by atoms with Gasteiger partial charge in [-0.1, -0.05) is 0 Å². The first kappa shape index (κ1) is 22.2. The summed E-state index contributed by atoms with van der Waals surface area (Å²) in [6.45, 7) is 2.73. The van der Waals surface area contributed by atoms with Crippen molar-refractivity contribution in [1.29, 1.82) is 0 Å². The molecule has 0 radical (unpaired) electrons. The van der Waals surface area contributed by atoms with Gasteiger partial charge in [-0.05, 0) is 37.1 Å². The Morgan fingerprint density at radius 3 is 2.36 bits per heavy atom. The summed E-state index contributed by atoms with van der Waals surface area (Å²) in [5.41, 5.74) is 1.11. The van der Waals surface area contributed by atoms with E-state index < -0.39 is 36.2 Å². The molecular formula is C17H20FeN4O6. The maximum atomic E-state index is 12.2. The van der Waals surface area contributed by atoms with Crippen LogP contribution in [0.2, 0.25) is 0 Å². The van der Waals surface area contributed by atoms with Crippen molar-refractivity contribution in [3.05, 3.63) is 44.1 Å². The summed E-state index contributed by atoms with van der Waals surface area (Å²) in [7, 11) is 0. The summed E-state index contributed by atoms with van der Waals surface area (Å²) in [6, 6.07) is 3.53. The molecule has 1 aromatic carbocycles. The first-order valence-electron chi connectivity index (χ1n) is 8.29. The number of nitrogens with one attached hydrogen (secondary N) is 1. The molecule has 10 nitrogen and oxygen atoms in total. The van der Waals surface area contributed by atoms with Gasteiger partial charge in [-0.15, -0.1) is 0 Å². The molecule has 3 atom stereocenters. The van der Waals surface area contributed by atoms with E-state index in [9.17, 15) is 24.9 Å². The number of benzene rings is 1. The molecule has 2 heterocycles. The number of rotatable bonds is 5. The molecule has 0 saturated heterocycles. The van der Waals surface area contributed by atoms with Crippen molar-refractivity contribution in [3.63, 3.8) is 0 Å². The number of aryl methyl sites for hydroxylation is 2. The number of fused-ring (bicyclic) bond motifs is 2. The molecule has 1 aromatic rings. The van der Waals surface area contributed by atoms with Gasteiger partial charge in [0.2, 0.25) is 0 Å². The van der Waals surface area contributed by atoms with Crippen molar-refractivity contribution in [2.24, 2.45) is 0 Å². The minimum absolute atomic E-state index is 0. The Labute approximate surface area is 169 Å². The van der Waals surface area contributed by atoms with Crippen LogP contribution in [0.5, 0.6) is 0 Å². The summed E-state index contributed by atoms with van der Waals surface area (Å²) < 4.78 is 1.40. The second kappa shape index (κ2) is 8.48. The van der Waals surface area contributed by atoms with Crippen molar-refractivity contribution in [3.8, 4) is 11.5 Å². The summed E-state index contributed by atoms with van der Waals surface area (Å²) in [5.74, 6) is -0.0516. The van der Waals surface area contributed by atoms with Gasteiger partial charge in [0.25, 0.3) is 5.56 Å². The van der Waals surface area contributed by atoms with Crippen LogP contribution in [0.25, 0.3) is 22.6 Å². The quantitative estimate of drug-likeness (QED) is 0.235. The van der Waals surface area contributed by atoms with Crippen LogP contribution in [0.1, 0.15) is 11.1 Å². The average molecular weight is 432 g/mol. The molecule has 0 saturated carbocycles. The zero-order chi connectivity index (χ0) is 19.9. The van der Waals surface area contributed by atoms with Gasteiger partial charge in [0.1, 0.15) is 18.3 Å². The molecule has 0 aliphatic carbocycles. The van der Waals surface area contributed by atoms with E-state index in [1.807, 2.05) is 13.8 Å². The molecule has 2 aliphatic rings. The minimum Gasteiger partial charge on any atom is -0.394 e. The maximum absolute atomic E-state index is 12.2. The van der Waals surface area contributed by atoms with Crippen LogP contribution in [0.4, 0.5) is 0 Å². The summed E-state index contributed by atoms with van der Waals surface area (Å²) in [5, 5.41) is 38.8. The Balaban J connectivity index is 0.00000280. The zero-order valence-electron chi connectivity index (χ0n) is 15.1. The van der Waals surface area contributed by atoms with Gasteiger partial charge in [0.05, 0.1) is 24.2 Å². The molecule has 11 heteroatoms. The molecular weight excluding hydrogens is 412 g/mol. The van der Waals surface area contributed by atoms with E-state index in [2.05, 4.69) is 15.0 Å². The van der Waals surface area contributed by atoms with E-state index in [-0.39, 0.29) is 35.1 Å². The van der Waals surface area contributed by atoms with Gasteiger partial charge >= 0.3 is 5.69 Å².